The van der Waals surface area contributed by atoms with Gasteiger partial charge in [-0.2, -0.15) is 0 Å². The van der Waals surface area contributed by atoms with E-state index in [4.69, 9.17) is 21.1 Å². The van der Waals surface area contributed by atoms with Gasteiger partial charge in [0.15, 0.2) is 11.5 Å². The van der Waals surface area contributed by atoms with E-state index in [1.54, 1.807) is 43.3 Å². The third-order valence-corrected chi connectivity index (χ3v) is 7.77. The number of anilines is 1. The molecule has 3 aromatic rings. The number of ether oxygens (including phenoxy) is 2. The van der Waals surface area contributed by atoms with Crippen LogP contribution in [0.15, 0.2) is 72.8 Å². The highest BCUT2D eigenvalue weighted by atomic mass is 35.5. The number of rotatable bonds is 11. The number of hydrogen-bond acceptors (Lipinski definition) is 6. The second-order valence-electron chi connectivity index (χ2n) is 9.35. The standard InChI is InChI=1S/C29H32ClN3O6S/c1-3-31-29(35)25(17-21-7-5-4-6-8-21)32(19-22-9-11-23(30)12-10-22)28(34)20-33(40(2,36)37)24-13-14-26-27(18-24)39-16-15-38-26/h4-14,18,25H,3,15-17,19-20H2,1-2H3,(H,31,35)/t25-/m1/s1. The van der Waals surface area contributed by atoms with E-state index in [1.165, 1.54) is 11.0 Å². The number of fused-ring (bicyclic) bond motifs is 1. The molecule has 11 heteroatoms. The van der Waals surface area contributed by atoms with Gasteiger partial charge in [-0.05, 0) is 42.3 Å². The summed E-state index contributed by atoms with van der Waals surface area (Å²) in [6.07, 6.45) is 1.28. The molecule has 0 radical (unpaired) electrons. The smallest absolute Gasteiger partial charge is 0.244 e. The normalized spacial score (nSPS) is 13.3. The molecule has 1 N–H and O–H groups in total. The van der Waals surface area contributed by atoms with Gasteiger partial charge in [-0.15, -0.1) is 0 Å². The zero-order chi connectivity index (χ0) is 28.7. The second kappa shape index (κ2) is 13.1. The van der Waals surface area contributed by atoms with Crippen molar-refractivity contribution >= 4 is 39.1 Å². The van der Waals surface area contributed by atoms with Gasteiger partial charge in [-0.25, -0.2) is 8.42 Å². The molecule has 4 rings (SSSR count). The molecule has 0 aromatic heterocycles. The molecule has 0 fully saturated rings. The lowest BCUT2D eigenvalue weighted by Gasteiger charge is -2.33. The van der Waals surface area contributed by atoms with E-state index in [0.29, 0.717) is 36.3 Å². The number of benzene rings is 3. The van der Waals surface area contributed by atoms with E-state index in [1.807, 2.05) is 30.3 Å². The Bertz CT molecular complexity index is 1430. The number of sulfonamides is 1. The molecule has 2 amide bonds. The second-order valence-corrected chi connectivity index (χ2v) is 11.7. The van der Waals surface area contributed by atoms with Gasteiger partial charge >= 0.3 is 0 Å². The minimum atomic E-state index is -3.90. The molecule has 0 bridgehead atoms. The predicted octanol–water partition coefficient (Wildman–Crippen LogP) is 3.65. The summed E-state index contributed by atoms with van der Waals surface area (Å²) in [5.41, 5.74) is 1.86. The van der Waals surface area contributed by atoms with Gasteiger partial charge in [0.25, 0.3) is 0 Å². The lowest BCUT2D eigenvalue weighted by molar-refractivity contribution is -0.140. The fourth-order valence-electron chi connectivity index (χ4n) is 4.43. The summed E-state index contributed by atoms with van der Waals surface area (Å²) in [5.74, 6) is 0.0202. The van der Waals surface area contributed by atoms with E-state index in [-0.39, 0.29) is 24.6 Å². The van der Waals surface area contributed by atoms with Crippen LogP contribution < -0.4 is 19.1 Å². The summed E-state index contributed by atoms with van der Waals surface area (Å²) in [6.45, 7) is 2.45. The predicted molar refractivity (Wildman–Crippen MR) is 154 cm³/mol. The highest BCUT2D eigenvalue weighted by Crippen LogP contribution is 2.34. The first-order chi connectivity index (χ1) is 19.2. The van der Waals surface area contributed by atoms with Gasteiger partial charge in [-0.1, -0.05) is 54.1 Å². The number of nitrogens with zero attached hydrogens (tertiary/aromatic N) is 2. The number of halogens is 1. The maximum Gasteiger partial charge on any atom is 0.244 e. The third kappa shape index (κ3) is 7.45. The van der Waals surface area contributed by atoms with E-state index in [9.17, 15) is 18.0 Å². The number of carbonyl (C=O) groups is 2. The highest BCUT2D eigenvalue weighted by molar-refractivity contribution is 7.92. The van der Waals surface area contributed by atoms with Crippen molar-refractivity contribution in [2.75, 3.05) is 36.9 Å². The van der Waals surface area contributed by atoms with Gasteiger partial charge < -0.3 is 19.7 Å². The Morgan fingerprint density at radius 1 is 0.950 bits per heavy atom. The topological polar surface area (TPSA) is 105 Å². The monoisotopic (exact) mass is 585 g/mol. The average Bonchev–Trinajstić information content (AvgIpc) is 2.94. The molecular weight excluding hydrogens is 554 g/mol. The van der Waals surface area contributed by atoms with Crippen molar-refractivity contribution in [2.45, 2.75) is 25.9 Å². The fourth-order valence-corrected chi connectivity index (χ4v) is 5.40. The van der Waals surface area contributed by atoms with E-state index in [0.717, 1.165) is 21.7 Å². The first-order valence-electron chi connectivity index (χ1n) is 12.9. The SMILES string of the molecule is CCNC(=O)[C@@H](Cc1ccccc1)N(Cc1ccc(Cl)cc1)C(=O)CN(c1ccc2c(c1)OCCO2)S(C)(=O)=O. The minimum absolute atomic E-state index is 0.0728. The van der Waals surface area contributed by atoms with Crippen LogP contribution in [0.2, 0.25) is 5.02 Å². The van der Waals surface area contributed by atoms with Crippen molar-refractivity contribution in [1.29, 1.82) is 0 Å². The van der Waals surface area contributed by atoms with E-state index >= 15 is 0 Å². The van der Waals surface area contributed by atoms with Crippen LogP contribution in [0.4, 0.5) is 5.69 Å². The van der Waals surface area contributed by atoms with Crippen molar-refractivity contribution in [1.82, 2.24) is 10.2 Å². The number of nitrogens with one attached hydrogen (secondary N) is 1. The lowest BCUT2D eigenvalue weighted by atomic mass is 10.0. The summed E-state index contributed by atoms with van der Waals surface area (Å²) in [4.78, 5) is 28.8. The number of carbonyl (C=O) groups excluding carboxylic acids is 2. The number of likely N-dealkylation sites (N-methyl/N-ethyl adjacent to an activating group) is 1. The maximum absolute atomic E-state index is 14.0. The van der Waals surface area contributed by atoms with Gasteiger partial charge in [0.2, 0.25) is 21.8 Å². The Hall–Kier alpha value is -3.76. The molecular formula is C29H32ClN3O6S. The third-order valence-electron chi connectivity index (χ3n) is 6.38. The van der Waals surface area contributed by atoms with Crippen LogP contribution in [0.1, 0.15) is 18.1 Å². The Balaban J connectivity index is 1.71. The van der Waals surface area contributed by atoms with Crippen molar-refractivity contribution < 1.29 is 27.5 Å². The maximum atomic E-state index is 14.0. The zero-order valence-electron chi connectivity index (χ0n) is 22.4. The molecule has 1 aliphatic rings. The fraction of sp³-hybridized carbons (Fsp3) is 0.310. The lowest BCUT2D eigenvalue weighted by Crippen LogP contribution is -2.53. The van der Waals surface area contributed by atoms with Crippen LogP contribution in [0.5, 0.6) is 11.5 Å². The molecule has 212 valence electrons. The molecule has 0 saturated heterocycles. The van der Waals surface area contributed by atoms with E-state index in [2.05, 4.69) is 5.32 Å². The van der Waals surface area contributed by atoms with Crippen molar-refractivity contribution in [2.24, 2.45) is 0 Å². The molecule has 1 aliphatic heterocycles. The molecule has 40 heavy (non-hydrogen) atoms. The van der Waals surface area contributed by atoms with Crippen LogP contribution in [0.25, 0.3) is 0 Å². The molecule has 0 unspecified atom stereocenters. The summed E-state index contributed by atoms with van der Waals surface area (Å²) in [5, 5.41) is 3.36. The molecule has 9 nitrogen and oxygen atoms in total. The number of amides is 2. The quantitative estimate of drug-likeness (QED) is 0.368. The van der Waals surface area contributed by atoms with Gasteiger partial charge in [0.05, 0.1) is 11.9 Å². The summed E-state index contributed by atoms with van der Waals surface area (Å²) in [7, 11) is -3.90. The van der Waals surface area contributed by atoms with Crippen LogP contribution >= 0.6 is 11.6 Å². The zero-order valence-corrected chi connectivity index (χ0v) is 24.0. The van der Waals surface area contributed by atoms with Crippen molar-refractivity contribution in [3.63, 3.8) is 0 Å². The average molecular weight is 586 g/mol. The van der Waals surface area contributed by atoms with Crippen LogP contribution in [0, 0.1) is 0 Å². The van der Waals surface area contributed by atoms with Crippen LogP contribution in [-0.2, 0) is 32.6 Å². The molecule has 0 saturated carbocycles. The van der Waals surface area contributed by atoms with Crippen molar-refractivity contribution in [3.05, 3.63) is 88.9 Å². The van der Waals surface area contributed by atoms with Gasteiger partial charge in [-0.3, -0.25) is 13.9 Å². The Labute approximate surface area is 239 Å². The first-order valence-corrected chi connectivity index (χ1v) is 15.1. The summed E-state index contributed by atoms with van der Waals surface area (Å²) < 4.78 is 38.1. The van der Waals surface area contributed by atoms with Crippen molar-refractivity contribution in [3.8, 4) is 11.5 Å². The minimum Gasteiger partial charge on any atom is -0.486 e. The molecule has 1 heterocycles. The van der Waals surface area contributed by atoms with Gasteiger partial charge in [0.1, 0.15) is 25.8 Å². The molecule has 0 spiro atoms. The molecule has 3 aromatic carbocycles. The van der Waals surface area contributed by atoms with Crippen LogP contribution in [-0.4, -0.2) is 63.7 Å². The number of hydrogen-bond donors (Lipinski definition) is 1. The Kier molecular flexibility index (Phi) is 9.54. The highest BCUT2D eigenvalue weighted by Gasteiger charge is 2.33. The molecule has 1 atom stereocenters. The largest absolute Gasteiger partial charge is 0.486 e. The van der Waals surface area contributed by atoms with E-state index < -0.39 is 28.5 Å². The molecule has 0 aliphatic carbocycles. The Morgan fingerprint density at radius 3 is 2.27 bits per heavy atom. The summed E-state index contributed by atoms with van der Waals surface area (Å²) in [6, 6.07) is 20.1. The summed E-state index contributed by atoms with van der Waals surface area (Å²) >= 11 is 6.07. The van der Waals surface area contributed by atoms with Crippen LogP contribution in [0.3, 0.4) is 0 Å². The first kappa shape index (κ1) is 29.2. The Morgan fingerprint density at radius 2 is 1.62 bits per heavy atom. The van der Waals surface area contributed by atoms with Gasteiger partial charge in [0, 0.05) is 30.6 Å².